The van der Waals surface area contributed by atoms with Crippen molar-refractivity contribution in [3.8, 4) is 5.75 Å². The van der Waals surface area contributed by atoms with Gasteiger partial charge in [-0.2, -0.15) is 5.10 Å². The third-order valence-electron chi connectivity index (χ3n) is 2.93. The fourth-order valence-electron chi connectivity index (χ4n) is 1.77. The smallest absolute Gasteiger partial charge is 0.344 e. The second kappa shape index (κ2) is 6.71. The molecule has 0 fully saturated rings. The van der Waals surface area contributed by atoms with Crippen molar-refractivity contribution in [1.82, 2.24) is 9.78 Å². The minimum absolute atomic E-state index is 0.197. The lowest BCUT2D eigenvalue weighted by Gasteiger charge is -2.10. The minimum Gasteiger partial charge on any atom is -0.479 e. The molecule has 6 heteroatoms. The maximum atomic E-state index is 12.1. The molecule has 2 rings (SSSR count). The Bertz CT molecular complexity index is 718. The Morgan fingerprint density at radius 3 is 2.82 bits per heavy atom. The van der Waals surface area contributed by atoms with Crippen molar-refractivity contribution in [2.45, 2.75) is 13.0 Å². The highest BCUT2D eigenvalue weighted by atomic mass is 16.5. The van der Waals surface area contributed by atoms with Gasteiger partial charge in [-0.1, -0.05) is 12.1 Å². The number of rotatable bonds is 6. The van der Waals surface area contributed by atoms with Gasteiger partial charge in [-0.05, 0) is 31.2 Å². The van der Waals surface area contributed by atoms with E-state index in [0.717, 1.165) is 5.56 Å². The monoisotopic (exact) mass is 300 g/mol. The third-order valence-corrected chi connectivity index (χ3v) is 2.93. The number of nitrogens with zero attached hydrogens (tertiary/aromatic N) is 2. The van der Waals surface area contributed by atoms with E-state index >= 15 is 0 Å². The number of carbonyl (C=O) groups is 2. The van der Waals surface area contributed by atoms with E-state index in [-0.39, 0.29) is 5.78 Å². The number of allylic oxidation sites excluding steroid dienone is 1. The van der Waals surface area contributed by atoms with Crippen LogP contribution in [0.2, 0.25) is 0 Å². The number of carboxylic acid groups (broad SMARTS) is 1. The SMILES string of the molecule is C[C@@H](Oc1cccc(C(=O)/C=C\c2cnn(C)c2)c1)C(=O)O. The Balaban J connectivity index is 2.10. The Morgan fingerprint density at radius 2 is 2.18 bits per heavy atom. The van der Waals surface area contributed by atoms with Crippen LogP contribution in [0.1, 0.15) is 22.8 Å². The molecule has 22 heavy (non-hydrogen) atoms. The summed E-state index contributed by atoms with van der Waals surface area (Å²) in [7, 11) is 1.80. The summed E-state index contributed by atoms with van der Waals surface area (Å²) in [6, 6.07) is 6.43. The molecule has 1 heterocycles. The van der Waals surface area contributed by atoms with Crippen LogP contribution in [0.3, 0.4) is 0 Å². The quantitative estimate of drug-likeness (QED) is 0.653. The van der Waals surface area contributed by atoms with Gasteiger partial charge in [0.05, 0.1) is 6.20 Å². The second-order valence-corrected chi connectivity index (χ2v) is 4.77. The Kier molecular flexibility index (Phi) is 4.73. The largest absolute Gasteiger partial charge is 0.479 e. The molecule has 0 saturated heterocycles. The lowest BCUT2D eigenvalue weighted by atomic mass is 10.1. The fraction of sp³-hybridized carbons (Fsp3) is 0.188. The summed E-state index contributed by atoms with van der Waals surface area (Å²) >= 11 is 0. The highest BCUT2D eigenvalue weighted by Gasteiger charge is 2.13. The van der Waals surface area contributed by atoms with Crippen molar-refractivity contribution in [3.63, 3.8) is 0 Å². The molecule has 1 aromatic carbocycles. The highest BCUT2D eigenvalue weighted by Crippen LogP contribution is 2.16. The van der Waals surface area contributed by atoms with Crippen molar-refractivity contribution >= 4 is 17.8 Å². The molecule has 2 aromatic rings. The Morgan fingerprint density at radius 1 is 1.41 bits per heavy atom. The summed E-state index contributed by atoms with van der Waals surface area (Å²) in [5.41, 5.74) is 1.25. The topological polar surface area (TPSA) is 81.4 Å². The number of carbonyl (C=O) groups excluding carboxylic acids is 1. The fourth-order valence-corrected chi connectivity index (χ4v) is 1.77. The van der Waals surface area contributed by atoms with Gasteiger partial charge < -0.3 is 9.84 Å². The molecule has 1 aromatic heterocycles. The number of aryl methyl sites for hydroxylation is 1. The molecular formula is C16H16N2O4. The van der Waals surface area contributed by atoms with Crippen molar-refractivity contribution in [2.24, 2.45) is 7.05 Å². The van der Waals surface area contributed by atoms with Crippen LogP contribution in [0, 0.1) is 0 Å². The summed E-state index contributed by atoms with van der Waals surface area (Å²) in [6.45, 7) is 1.43. The van der Waals surface area contributed by atoms with Crippen LogP contribution < -0.4 is 4.74 Å². The number of ketones is 1. The average molecular weight is 300 g/mol. The molecule has 114 valence electrons. The Labute approximate surface area is 127 Å². The van der Waals surface area contributed by atoms with Gasteiger partial charge in [-0.15, -0.1) is 0 Å². The number of aliphatic carboxylic acids is 1. The molecule has 1 atom stereocenters. The van der Waals surface area contributed by atoms with Gasteiger partial charge in [-0.3, -0.25) is 9.48 Å². The second-order valence-electron chi connectivity index (χ2n) is 4.77. The number of hydrogen-bond donors (Lipinski definition) is 1. The number of hydrogen-bond acceptors (Lipinski definition) is 4. The molecule has 0 unspecified atom stereocenters. The third kappa shape index (κ3) is 4.05. The van der Waals surface area contributed by atoms with Crippen LogP contribution in [0.25, 0.3) is 6.08 Å². The molecule has 0 aliphatic rings. The van der Waals surface area contributed by atoms with E-state index in [0.29, 0.717) is 11.3 Å². The maximum Gasteiger partial charge on any atom is 0.344 e. The average Bonchev–Trinajstić information content (AvgIpc) is 2.90. The van der Waals surface area contributed by atoms with Crippen LogP contribution >= 0.6 is 0 Å². The van der Waals surface area contributed by atoms with Crippen LogP contribution in [0.5, 0.6) is 5.75 Å². The van der Waals surface area contributed by atoms with Gasteiger partial charge >= 0.3 is 5.97 Å². The zero-order valence-corrected chi connectivity index (χ0v) is 12.3. The molecule has 0 aliphatic carbocycles. The van der Waals surface area contributed by atoms with Crippen molar-refractivity contribution < 1.29 is 19.4 Å². The molecule has 6 nitrogen and oxygen atoms in total. The van der Waals surface area contributed by atoms with Crippen LogP contribution in [-0.2, 0) is 11.8 Å². The molecule has 0 spiro atoms. The molecule has 0 radical (unpaired) electrons. The predicted molar refractivity (Wildman–Crippen MR) is 80.7 cm³/mol. The van der Waals surface area contributed by atoms with E-state index in [2.05, 4.69) is 5.10 Å². The summed E-state index contributed by atoms with van der Waals surface area (Å²) in [6.07, 6.45) is 5.58. The van der Waals surface area contributed by atoms with Gasteiger partial charge in [0, 0.05) is 24.4 Å². The van der Waals surface area contributed by atoms with Crippen molar-refractivity contribution in [3.05, 3.63) is 53.9 Å². The maximum absolute atomic E-state index is 12.1. The summed E-state index contributed by atoms with van der Waals surface area (Å²) < 4.78 is 6.89. The Hall–Kier alpha value is -2.89. The summed E-state index contributed by atoms with van der Waals surface area (Å²) in [5.74, 6) is -0.916. The van der Waals surface area contributed by atoms with Gasteiger partial charge in [0.15, 0.2) is 11.9 Å². The molecule has 0 aliphatic heterocycles. The number of aromatic nitrogens is 2. The minimum atomic E-state index is -1.06. The van der Waals surface area contributed by atoms with Crippen LogP contribution in [-0.4, -0.2) is 32.7 Å². The number of ether oxygens (including phenoxy) is 1. The first-order valence-electron chi connectivity index (χ1n) is 6.66. The first kappa shape index (κ1) is 15.5. The van der Waals surface area contributed by atoms with E-state index in [1.165, 1.54) is 19.1 Å². The van der Waals surface area contributed by atoms with E-state index in [4.69, 9.17) is 9.84 Å². The van der Waals surface area contributed by atoms with Crippen molar-refractivity contribution in [2.75, 3.05) is 0 Å². The summed E-state index contributed by atoms with van der Waals surface area (Å²) in [5, 5.41) is 12.8. The van der Waals surface area contributed by atoms with Gasteiger partial charge in [0.1, 0.15) is 5.75 Å². The van der Waals surface area contributed by atoms with E-state index < -0.39 is 12.1 Å². The zero-order valence-electron chi connectivity index (χ0n) is 12.3. The normalized spacial score (nSPS) is 12.3. The predicted octanol–water partition coefficient (Wildman–Crippen LogP) is 2.17. The lowest BCUT2D eigenvalue weighted by molar-refractivity contribution is -0.144. The number of carboxylic acids is 1. The van der Waals surface area contributed by atoms with E-state index in [1.807, 2.05) is 0 Å². The molecule has 0 amide bonds. The van der Waals surface area contributed by atoms with Gasteiger partial charge in [-0.25, -0.2) is 4.79 Å². The van der Waals surface area contributed by atoms with E-state index in [9.17, 15) is 9.59 Å². The molecule has 0 saturated carbocycles. The first-order chi connectivity index (χ1) is 10.5. The first-order valence-corrected chi connectivity index (χ1v) is 6.66. The molecular weight excluding hydrogens is 284 g/mol. The van der Waals surface area contributed by atoms with Crippen LogP contribution in [0.4, 0.5) is 0 Å². The summed E-state index contributed by atoms with van der Waals surface area (Å²) in [4.78, 5) is 22.9. The number of benzene rings is 1. The van der Waals surface area contributed by atoms with Crippen molar-refractivity contribution in [1.29, 1.82) is 0 Å². The van der Waals surface area contributed by atoms with E-state index in [1.54, 1.807) is 48.4 Å². The highest BCUT2D eigenvalue weighted by molar-refractivity contribution is 6.07. The zero-order chi connectivity index (χ0) is 16.1. The van der Waals surface area contributed by atoms with Gasteiger partial charge in [0.25, 0.3) is 0 Å². The molecule has 0 bridgehead atoms. The standard InChI is InChI=1S/C16H16N2O4/c1-11(16(20)21)22-14-5-3-4-13(8-14)15(19)7-6-12-9-17-18(2)10-12/h3-11H,1-2H3,(H,20,21)/b7-6-/t11-/m1/s1. The van der Waals surface area contributed by atoms with Gasteiger partial charge in [0.2, 0.25) is 0 Å². The lowest BCUT2D eigenvalue weighted by Crippen LogP contribution is -2.22. The van der Waals surface area contributed by atoms with Crippen LogP contribution in [0.15, 0.2) is 42.7 Å². The molecule has 1 N–H and O–H groups in total.